The predicted octanol–water partition coefficient (Wildman–Crippen LogP) is 8.35. The number of para-hydroxylation sites is 1. The van der Waals surface area contributed by atoms with Gasteiger partial charge in [-0.1, -0.05) is 73.6 Å². The number of carbonyl (C=O) groups is 1. The van der Waals surface area contributed by atoms with E-state index in [9.17, 15) is 4.79 Å². The minimum absolute atomic E-state index is 0.250. The van der Waals surface area contributed by atoms with Gasteiger partial charge in [0.15, 0.2) is 11.5 Å². The van der Waals surface area contributed by atoms with Crippen LogP contribution in [0.3, 0.4) is 0 Å². The lowest BCUT2D eigenvalue weighted by atomic mass is 9.94. The zero-order chi connectivity index (χ0) is 30.5. The lowest BCUT2D eigenvalue weighted by Gasteiger charge is -2.29. The number of carbonyl (C=O) groups excluding carboxylic acids is 1. The van der Waals surface area contributed by atoms with Crippen molar-refractivity contribution in [2.45, 2.75) is 44.1 Å². The molecule has 3 aromatic carbocycles. The van der Waals surface area contributed by atoms with Crippen LogP contribution in [0.5, 0.6) is 11.5 Å². The molecular formula is C32H33BrClN5O3S. The van der Waals surface area contributed by atoms with Crippen molar-refractivity contribution < 1.29 is 14.3 Å². The van der Waals surface area contributed by atoms with E-state index >= 15 is 0 Å². The van der Waals surface area contributed by atoms with Gasteiger partial charge in [-0.25, -0.2) is 4.68 Å². The van der Waals surface area contributed by atoms with Gasteiger partial charge in [0.2, 0.25) is 11.1 Å². The van der Waals surface area contributed by atoms with Gasteiger partial charge in [0.25, 0.3) is 5.91 Å². The van der Waals surface area contributed by atoms with Crippen LogP contribution in [0, 0.1) is 5.92 Å². The molecule has 1 aliphatic heterocycles. The molecule has 0 saturated carbocycles. The first-order valence-electron chi connectivity index (χ1n) is 13.9. The lowest BCUT2D eigenvalue weighted by Crippen LogP contribution is -2.31. The van der Waals surface area contributed by atoms with Gasteiger partial charge in [-0.05, 0) is 76.7 Å². The number of nitrogens with zero attached hydrogens (tertiary/aromatic N) is 3. The maximum Gasteiger partial charge on any atom is 0.255 e. The van der Waals surface area contributed by atoms with Gasteiger partial charge in [0, 0.05) is 22.2 Å². The SMILES string of the molecule is COc1cc(C2C(C(=O)Nc3ccccc3)=C(C)Nc3nc(SCc4ccccc4Cl)nn32)cc(Br)c1OCCC(C)C. The number of rotatable bonds is 11. The molecule has 5 rings (SSSR count). The first-order valence-corrected chi connectivity index (χ1v) is 16.1. The Hall–Kier alpha value is -3.47. The van der Waals surface area contributed by atoms with Gasteiger partial charge in [-0.3, -0.25) is 4.79 Å². The van der Waals surface area contributed by atoms with Crippen LogP contribution >= 0.6 is 39.3 Å². The lowest BCUT2D eigenvalue weighted by molar-refractivity contribution is -0.113. The molecule has 0 saturated heterocycles. The third-order valence-electron chi connectivity index (χ3n) is 6.93. The Morgan fingerprint density at radius 2 is 1.91 bits per heavy atom. The van der Waals surface area contributed by atoms with Crippen molar-refractivity contribution in [2.75, 3.05) is 24.4 Å². The van der Waals surface area contributed by atoms with Crippen molar-refractivity contribution in [1.82, 2.24) is 14.8 Å². The fraction of sp³-hybridized carbons (Fsp3) is 0.281. The number of nitrogens with one attached hydrogen (secondary N) is 2. The molecule has 8 nitrogen and oxygen atoms in total. The van der Waals surface area contributed by atoms with E-state index in [1.54, 1.807) is 11.8 Å². The van der Waals surface area contributed by atoms with Crippen LogP contribution in [0.2, 0.25) is 5.02 Å². The Kier molecular flexibility index (Phi) is 10.00. The summed E-state index contributed by atoms with van der Waals surface area (Å²) in [5, 5.41) is 12.5. The van der Waals surface area contributed by atoms with Gasteiger partial charge < -0.3 is 20.1 Å². The second kappa shape index (κ2) is 13.9. The summed E-state index contributed by atoms with van der Waals surface area (Å²) in [6.07, 6.45) is 0.911. The number of allylic oxidation sites excluding steroid dienone is 1. The average Bonchev–Trinajstić information content (AvgIpc) is 3.39. The Bertz CT molecular complexity index is 1640. The summed E-state index contributed by atoms with van der Waals surface area (Å²) in [6, 6.07) is 20.3. The second-order valence-electron chi connectivity index (χ2n) is 10.5. The molecule has 1 aromatic heterocycles. The molecule has 1 unspecified atom stereocenters. The number of aromatic nitrogens is 3. The number of fused-ring (bicyclic) bond motifs is 1. The maximum atomic E-state index is 13.9. The van der Waals surface area contributed by atoms with Gasteiger partial charge in [0.1, 0.15) is 6.04 Å². The number of anilines is 2. The van der Waals surface area contributed by atoms with E-state index in [1.165, 1.54) is 11.8 Å². The van der Waals surface area contributed by atoms with E-state index in [2.05, 4.69) is 40.4 Å². The standard InChI is InChI=1S/C32H33BrClN5O3S/c1-19(2)14-15-42-29-24(33)16-22(17-26(29)41-4)28-27(30(40)36-23-11-6-5-7-12-23)20(3)35-31-37-32(38-39(28)31)43-18-21-10-8-9-13-25(21)34/h5-13,16-17,19,28H,14-15,18H2,1-4H3,(H,36,40)(H,35,37,38). The summed E-state index contributed by atoms with van der Waals surface area (Å²) in [6.45, 7) is 6.74. The van der Waals surface area contributed by atoms with Crippen LogP contribution in [0.25, 0.3) is 0 Å². The fourth-order valence-corrected chi connectivity index (χ4v) is 6.40. The molecule has 4 aromatic rings. The van der Waals surface area contributed by atoms with E-state index in [0.717, 1.165) is 22.0 Å². The first kappa shape index (κ1) is 31.0. The minimum atomic E-state index is -0.600. The molecule has 0 spiro atoms. The molecule has 1 aliphatic rings. The van der Waals surface area contributed by atoms with Crippen molar-refractivity contribution in [1.29, 1.82) is 0 Å². The maximum absolute atomic E-state index is 13.9. The van der Waals surface area contributed by atoms with Crippen LogP contribution in [0.15, 0.2) is 87.6 Å². The number of hydrogen-bond donors (Lipinski definition) is 2. The third kappa shape index (κ3) is 7.20. The molecule has 0 aliphatic carbocycles. The third-order valence-corrected chi connectivity index (χ3v) is 8.78. The molecular weight excluding hydrogens is 650 g/mol. The number of halogens is 2. The van der Waals surface area contributed by atoms with Crippen molar-refractivity contribution in [2.24, 2.45) is 5.92 Å². The van der Waals surface area contributed by atoms with Crippen LogP contribution in [0.4, 0.5) is 11.6 Å². The quantitative estimate of drug-likeness (QED) is 0.154. The molecule has 11 heteroatoms. The van der Waals surface area contributed by atoms with Gasteiger partial charge in [-0.2, -0.15) is 4.98 Å². The predicted molar refractivity (Wildman–Crippen MR) is 176 cm³/mol. The molecule has 2 N–H and O–H groups in total. The normalized spacial score (nSPS) is 14.3. The second-order valence-corrected chi connectivity index (χ2v) is 12.7. The highest BCUT2D eigenvalue weighted by Crippen LogP contribution is 2.43. The number of ether oxygens (including phenoxy) is 2. The van der Waals surface area contributed by atoms with E-state index in [1.807, 2.05) is 73.7 Å². The van der Waals surface area contributed by atoms with Gasteiger partial charge in [-0.15, -0.1) is 5.10 Å². The van der Waals surface area contributed by atoms with Crippen molar-refractivity contribution in [3.63, 3.8) is 0 Å². The summed E-state index contributed by atoms with van der Waals surface area (Å²) in [4.78, 5) is 18.6. The molecule has 43 heavy (non-hydrogen) atoms. The number of amides is 1. The highest BCUT2D eigenvalue weighted by molar-refractivity contribution is 9.10. The summed E-state index contributed by atoms with van der Waals surface area (Å²) in [7, 11) is 1.61. The van der Waals surface area contributed by atoms with E-state index in [4.69, 9.17) is 31.2 Å². The number of benzene rings is 3. The summed E-state index contributed by atoms with van der Waals surface area (Å²) in [5.74, 6) is 2.57. The van der Waals surface area contributed by atoms with Crippen molar-refractivity contribution in [3.05, 3.63) is 98.6 Å². The number of hydrogen-bond acceptors (Lipinski definition) is 7. The summed E-state index contributed by atoms with van der Waals surface area (Å²) in [5.41, 5.74) is 3.65. The van der Waals surface area contributed by atoms with E-state index in [-0.39, 0.29) is 5.91 Å². The van der Waals surface area contributed by atoms with Gasteiger partial charge in [0.05, 0.1) is 23.8 Å². The zero-order valence-electron chi connectivity index (χ0n) is 24.4. The monoisotopic (exact) mass is 681 g/mol. The topological polar surface area (TPSA) is 90.3 Å². The zero-order valence-corrected chi connectivity index (χ0v) is 27.5. The largest absolute Gasteiger partial charge is 0.493 e. The average molecular weight is 683 g/mol. The minimum Gasteiger partial charge on any atom is -0.493 e. The Morgan fingerprint density at radius 3 is 2.63 bits per heavy atom. The van der Waals surface area contributed by atoms with Crippen LogP contribution in [0.1, 0.15) is 44.4 Å². The Labute approximate surface area is 269 Å². The van der Waals surface area contributed by atoms with Crippen LogP contribution < -0.4 is 20.1 Å². The van der Waals surface area contributed by atoms with Crippen LogP contribution in [-0.4, -0.2) is 34.4 Å². The number of thioether (sulfide) groups is 1. The molecule has 224 valence electrons. The highest BCUT2D eigenvalue weighted by Gasteiger charge is 2.35. The molecule has 0 fully saturated rings. The molecule has 1 amide bonds. The highest BCUT2D eigenvalue weighted by atomic mass is 79.9. The molecule has 1 atom stereocenters. The Morgan fingerprint density at radius 1 is 1.16 bits per heavy atom. The molecule has 2 heterocycles. The van der Waals surface area contributed by atoms with E-state index < -0.39 is 6.04 Å². The molecule has 0 bridgehead atoms. The first-order chi connectivity index (χ1) is 20.7. The number of methoxy groups -OCH3 is 1. The van der Waals surface area contributed by atoms with Crippen LogP contribution in [-0.2, 0) is 10.5 Å². The fourth-order valence-electron chi connectivity index (χ4n) is 4.71. The van der Waals surface area contributed by atoms with E-state index in [0.29, 0.717) is 62.9 Å². The molecule has 0 radical (unpaired) electrons. The summed E-state index contributed by atoms with van der Waals surface area (Å²) >= 11 is 11.6. The van der Waals surface area contributed by atoms with Gasteiger partial charge >= 0.3 is 0 Å². The van der Waals surface area contributed by atoms with Crippen molar-refractivity contribution in [3.8, 4) is 11.5 Å². The Balaban J connectivity index is 1.54. The smallest absolute Gasteiger partial charge is 0.255 e. The van der Waals surface area contributed by atoms with Crippen molar-refractivity contribution >= 4 is 56.8 Å². The summed E-state index contributed by atoms with van der Waals surface area (Å²) < 4.78 is 14.4.